The van der Waals surface area contributed by atoms with E-state index in [1.165, 1.54) is 0 Å². The highest BCUT2D eigenvalue weighted by Crippen LogP contribution is 2.18. The molecule has 0 atom stereocenters. The first-order chi connectivity index (χ1) is 14.2. The number of ether oxygens (including phenoxy) is 1. The molecule has 2 amide bonds. The van der Waals surface area contributed by atoms with Gasteiger partial charge in [0.1, 0.15) is 5.60 Å². The Bertz CT molecular complexity index is 859. The van der Waals surface area contributed by atoms with Crippen LogP contribution in [0.3, 0.4) is 0 Å². The number of rotatable bonds is 9. The minimum atomic E-state index is -0.985. The van der Waals surface area contributed by atoms with E-state index in [4.69, 9.17) is 9.84 Å². The third-order valence-electron chi connectivity index (χ3n) is 4.08. The zero-order valence-electron chi connectivity index (χ0n) is 17.5. The van der Waals surface area contributed by atoms with Crippen molar-refractivity contribution >= 4 is 29.3 Å². The maximum atomic E-state index is 13.2. The highest BCUT2D eigenvalue weighted by atomic mass is 32.1. The van der Waals surface area contributed by atoms with E-state index in [0.29, 0.717) is 37.2 Å². The van der Waals surface area contributed by atoms with E-state index >= 15 is 0 Å². The quantitative estimate of drug-likeness (QED) is 0.585. The van der Waals surface area contributed by atoms with E-state index in [2.05, 4.69) is 5.32 Å². The van der Waals surface area contributed by atoms with Crippen LogP contribution in [0.2, 0.25) is 0 Å². The molecule has 0 aliphatic heterocycles. The van der Waals surface area contributed by atoms with E-state index in [-0.39, 0.29) is 12.3 Å². The third-order valence-corrected chi connectivity index (χ3v) is 4.94. The minimum Gasteiger partial charge on any atom is -0.481 e. The van der Waals surface area contributed by atoms with Crippen LogP contribution >= 0.6 is 11.3 Å². The molecule has 0 fully saturated rings. The summed E-state index contributed by atoms with van der Waals surface area (Å²) in [6.45, 7) is 6.58. The van der Waals surface area contributed by atoms with Crippen molar-refractivity contribution in [2.75, 3.05) is 13.1 Å². The molecule has 1 heterocycles. The number of hydrogen-bond donors (Lipinski definition) is 2. The van der Waals surface area contributed by atoms with Gasteiger partial charge in [-0.3, -0.25) is 9.59 Å². The van der Waals surface area contributed by atoms with Crippen molar-refractivity contribution in [3.8, 4) is 0 Å². The summed E-state index contributed by atoms with van der Waals surface area (Å²) >= 11 is 1.55. The molecule has 1 aromatic carbocycles. The van der Waals surface area contributed by atoms with Crippen molar-refractivity contribution in [3.63, 3.8) is 0 Å². The van der Waals surface area contributed by atoms with Crippen molar-refractivity contribution < 1.29 is 24.2 Å². The fourth-order valence-corrected chi connectivity index (χ4v) is 3.55. The number of nitrogens with zero attached hydrogens (tertiary/aromatic N) is 1. The second-order valence-electron chi connectivity index (χ2n) is 7.82. The number of benzene rings is 1. The summed E-state index contributed by atoms with van der Waals surface area (Å²) < 4.78 is 5.21. The zero-order chi connectivity index (χ0) is 22.1. The molecule has 0 spiro atoms. The third kappa shape index (κ3) is 7.87. The molecule has 1 aromatic heterocycles. The number of hydrogen-bond acceptors (Lipinski definition) is 5. The molecule has 8 heteroatoms. The maximum Gasteiger partial charge on any atom is 0.407 e. The summed E-state index contributed by atoms with van der Waals surface area (Å²) in [6, 6.07) is 10.6. The average molecular weight is 433 g/mol. The van der Waals surface area contributed by atoms with Crippen LogP contribution in [-0.2, 0) is 22.5 Å². The van der Waals surface area contributed by atoms with Gasteiger partial charge >= 0.3 is 12.1 Å². The molecule has 0 saturated heterocycles. The Morgan fingerprint density at radius 1 is 1.13 bits per heavy atom. The lowest BCUT2D eigenvalue weighted by Gasteiger charge is -2.24. The standard InChI is InChI=1S/C22H28N2O5S/c1-22(2,3)29-21(28)23-11-7-12-24(15-17-9-6-13-30-17)20(27)18-10-5-4-8-16(18)14-19(25)26/h4-6,8-10,13H,7,11-12,14-15H2,1-3H3,(H,23,28)(H,25,26). The van der Waals surface area contributed by atoms with Crippen molar-refractivity contribution in [1.29, 1.82) is 0 Å². The van der Waals surface area contributed by atoms with Crippen LogP contribution in [-0.4, -0.2) is 46.7 Å². The summed E-state index contributed by atoms with van der Waals surface area (Å²) in [5, 5.41) is 13.8. The van der Waals surface area contributed by atoms with Crippen LogP contribution < -0.4 is 5.32 Å². The number of aliphatic carboxylic acids is 1. The fraction of sp³-hybridized carbons (Fsp3) is 0.409. The molecule has 0 unspecified atom stereocenters. The molecular formula is C22H28N2O5S. The molecule has 2 rings (SSSR count). The van der Waals surface area contributed by atoms with Gasteiger partial charge in [0.25, 0.3) is 5.91 Å². The van der Waals surface area contributed by atoms with Crippen molar-refractivity contribution in [2.45, 2.75) is 45.8 Å². The van der Waals surface area contributed by atoms with Crippen LogP contribution in [0.15, 0.2) is 41.8 Å². The fourth-order valence-electron chi connectivity index (χ4n) is 2.83. The topological polar surface area (TPSA) is 95.9 Å². The second-order valence-corrected chi connectivity index (χ2v) is 8.85. The molecule has 2 aromatic rings. The number of amides is 2. The Labute approximate surface area is 180 Å². The largest absolute Gasteiger partial charge is 0.481 e. The van der Waals surface area contributed by atoms with Crippen LogP contribution in [0, 0.1) is 0 Å². The van der Waals surface area contributed by atoms with Gasteiger partial charge in [-0.2, -0.15) is 0 Å². The first-order valence-electron chi connectivity index (χ1n) is 9.74. The first-order valence-corrected chi connectivity index (χ1v) is 10.6. The van der Waals surface area contributed by atoms with Gasteiger partial charge < -0.3 is 20.1 Å². The van der Waals surface area contributed by atoms with Crippen LogP contribution in [0.25, 0.3) is 0 Å². The Morgan fingerprint density at radius 2 is 1.87 bits per heavy atom. The van der Waals surface area contributed by atoms with Gasteiger partial charge in [-0.25, -0.2) is 4.79 Å². The molecule has 30 heavy (non-hydrogen) atoms. The zero-order valence-corrected chi connectivity index (χ0v) is 18.3. The number of carboxylic acid groups (broad SMARTS) is 1. The van der Waals surface area contributed by atoms with Gasteiger partial charge in [0, 0.05) is 23.5 Å². The maximum absolute atomic E-state index is 13.2. The van der Waals surface area contributed by atoms with Crippen molar-refractivity contribution in [2.24, 2.45) is 0 Å². The molecule has 2 N–H and O–H groups in total. The summed E-state index contributed by atoms with van der Waals surface area (Å²) in [7, 11) is 0. The molecule has 0 aliphatic rings. The molecule has 0 radical (unpaired) electrons. The Kier molecular flexibility index (Phi) is 8.41. The molecule has 162 valence electrons. The van der Waals surface area contributed by atoms with Gasteiger partial charge in [-0.1, -0.05) is 24.3 Å². The van der Waals surface area contributed by atoms with E-state index < -0.39 is 17.7 Å². The van der Waals surface area contributed by atoms with E-state index in [1.54, 1.807) is 61.3 Å². The van der Waals surface area contributed by atoms with Gasteiger partial charge in [-0.15, -0.1) is 11.3 Å². The predicted molar refractivity (Wildman–Crippen MR) is 116 cm³/mol. The summed E-state index contributed by atoms with van der Waals surface area (Å²) in [5.74, 6) is -1.21. The van der Waals surface area contributed by atoms with Crippen LogP contribution in [0.1, 0.15) is 48.0 Å². The Balaban J connectivity index is 2.06. The summed E-state index contributed by atoms with van der Waals surface area (Å²) in [5.41, 5.74) is 0.300. The first kappa shape index (κ1) is 23.4. The lowest BCUT2D eigenvalue weighted by molar-refractivity contribution is -0.136. The van der Waals surface area contributed by atoms with Gasteiger partial charge in [0.05, 0.1) is 13.0 Å². The SMILES string of the molecule is CC(C)(C)OC(=O)NCCCN(Cc1cccs1)C(=O)c1ccccc1CC(=O)O. The Hall–Kier alpha value is -2.87. The predicted octanol–water partition coefficient (Wildman–Crippen LogP) is 3.93. The molecule has 0 aliphatic carbocycles. The van der Waals surface area contributed by atoms with Gasteiger partial charge in [-0.05, 0) is 50.3 Å². The molecule has 0 saturated carbocycles. The smallest absolute Gasteiger partial charge is 0.407 e. The van der Waals surface area contributed by atoms with Crippen molar-refractivity contribution in [1.82, 2.24) is 10.2 Å². The van der Waals surface area contributed by atoms with Gasteiger partial charge in [0.15, 0.2) is 0 Å². The van der Waals surface area contributed by atoms with E-state index in [9.17, 15) is 14.4 Å². The normalized spacial score (nSPS) is 11.0. The van der Waals surface area contributed by atoms with Crippen molar-refractivity contribution in [3.05, 3.63) is 57.8 Å². The highest BCUT2D eigenvalue weighted by molar-refractivity contribution is 7.09. The minimum absolute atomic E-state index is 0.213. The lowest BCUT2D eigenvalue weighted by atomic mass is 10.0. The number of nitrogens with one attached hydrogen (secondary N) is 1. The molecule has 7 nitrogen and oxygen atoms in total. The number of thiophene rings is 1. The second kappa shape index (κ2) is 10.8. The number of carbonyl (C=O) groups excluding carboxylic acids is 2. The number of carboxylic acids is 1. The van der Waals surface area contributed by atoms with E-state index in [1.807, 2.05) is 17.5 Å². The summed E-state index contributed by atoms with van der Waals surface area (Å²) in [6.07, 6.45) is -0.169. The Morgan fingerprint density at radius 3 is 2.50 bits per heavy atom. The van der Waals surface area contributed by atoms with Crippen LogP contribution in [0.5, 0.6) is 0 Å². The average Bonchev–Trinajstić information content (AvgIpc) is 3.15. The summed E-state index contributed by atoms with van der Waals surface area (Å²) in [4.78, 5) is 38.9. The molecule has 0 bridgehead atoms. The van der Waals surface area contributed by atoms with Crippen LogP contribution in [0.4, 0.5) is 4.79 Å². The lowest BCUT2D eigenvalue weighted by Crippen LogP contribution is -2.36. The number of alkyl carbamates (subject to hydrolysis) is 1. The monoisotopic (exact) mass is 432 g/mol. The molecular weight excluding hydrogens is 404 g/mol. The highest BCUT2D eigenvalue weighted by Gasteiger charge is 2.21. The van der Waals surface area contributed by atoms with E-state index in [0.717, 1.165) is 4.88 Å². The van der Waals surface area contributed by atoms with Gasteiger partial charge in [0.2, 0.25) is 0 Å². The number of carbonyl (C=O) groups is 3.